The Bertz CT molecular complexity index is 1040. The second-order valence-electron chi connectivity index (χ2n) is 6.62. The molecule has 0 unspecified atom stereocenters. The normalized spacial score (nSPS) is 15.4. The number of para-hydroxylation sites is 1. The van der Waals surface area contributed by atoms with Crippen molar-refractivity contribution in [3.63, 3.8) is 0 Å². The summed E-state index contributed by atoms with van der Waals surface area (Å²) in [4.78, 5) is 6.21. The third kappa shape index (κ3) is 3.19. The number of nitrogens with one attached hydrogen (secondary N) is 1. The van der Waals surface area contributed by atoms with Gasteiger partial charge in [-0.05, 0) is 29.3 Å². The van der Waals surface area contributed by atoms with E-state index in [4.69, 9.17) is 11.6 Å². The molecule has 1 aliphatic rings. The average molecular weight is 375 g/mol. The van der Waals surface area contributed by atoms with E-state index in [9.17, 15) is 8.42 Å². The van der Waals surface area contributed by atoms with E-state index in [2.05, 4.69) is 16.0 Å². The highest BCUT2D eigenvalue weighted by Crippen LogP contribution is 2.32. The van der Waals surface area contributed by atoms with E-state index in [1.54, 1.807) is 12.1 Å². The van der Waals surface area contributed by atoms with Crippen LogP contribution in [-0.2, 0) is 29.3 Å². The Morgan fingerprint density at radius 3 is 2.64 bits per heavy atom. The van der Waals surface area contributed by atoms with E-state index in [1.807, 2.05) is 24.3 Å². The Morgan fingerprint density at radius 1 is 1.16 bits per heavy atom. The van der Waals surface area contributed by atoms with Crippen LogP contribution < -0.4 is 0 Å². The van der Waals surface area contributed by atoms with Crippen LogP contribution in [0.15, 0.2) is 47.4 Å². The number of H-pyrrole nitrogens is 1. The predicted molar refractivity (Wildman–Crippen MR) is 101 cm³/mol. The van der Waals surface area contributed by atoms with Crippen LogP contribution in [0.25, 0.3) is 10.9 Å². The first-order valence-electron chi connectivity index (χ1n) is 8.21. The average Bonchev–Trinajstić information content (AvgIpc) is 2.94. The maximum absolute atomic E-state index is 11.6. The first-order chi connectivity index (χ1) is 11.9. The summed E-state index contributed by atoms with van der Waals surface area (Å²) in [5.41, 5.74) is 4.73. The van der Waals surface area contributed by atoms with Crippen molar-refractivity contribution in [1.29, 1.82) is 0 Å². The van der Waals surface area contributed by atoms with Crippen LogP contribution in [-0.4, -0.2) is 31.1 Å². The molecular formula is C19H19ClN2O2S. The zero-order valence-electron chi connectivity index (χ0n) is 13.9. The molecule has 0 fully saturated rings. The number of fused-ring (bicyclic) bond motifs is 3. The molecule has 0 bridgehead atoms. The fourth-order valence-corrected chi connectivity index (χ4v) is 4.35. The second-order valence-corrected chi connectivity index (χ2v) is 9.04. The number of hydrogen-bond donors (Lipinski definition) is 1. The quantitative estimate of drug-likeness (QED) is 0.759. The van der Waals surface area contributed by atoms with Crippen molar-refractivity contribution < 1.29 is 8.42 Å². The number of rotatable bonds is 3. The van der Waals surface area contributed by atoms with Crippen LogP contribution in [0.4, 0.5) is 0 Å². The Kier molecular flexibility index (Phi) is 4.10. The van der Waals surface area contributed by atoms with E-state index < -0.39 is 9.84 Å². The van der Waals surface area contributed by atoms with E-state index in [0.717, 1.165) is 42.2 Å². The van der Waals surface area contributed by atoms with E-state index in [-0.39, 0.29) is 0 Å². The van der Waals surface area contributed by atoms with Crippen molar-refractivity contribution in [2.24, 2.45) is 0 Å². The van der Waals surface area contributed by atoms with Gasteiger partial charge >= 0.3 is 0 Å². The van der Waals surface area contributed by atoms with E-state index >= 15 is 0 Å². The SMILES string of the molecule is CS(=O)(=O)c1ccc(CN2CCc3[nH]c4c(Cl)cccc4c3C2)cc1. The molecule has 0 saturated heterocycles. The lowest BCUT2D eigenvalue weighted by Crippen LogP contribution is -2.29. The van der Waals surface area contributed by atoms with Gasteiger partial charge in [-0.1, -0.05) is 35.9 Å². The van der Waals surface area contributed by atoms with Crippen LogP contribution in [0.3, 0.4) is 0 Å². The van der Waals surface area contributed by atoms with Gasteiger partial charge in [0.2, 0.25) is 0 Å². The number of aromatic amines is 1. The van der Waals surface area contributed by atoms with Gasteiger partial charge in [0, 0.05) is 43.4 Å². The highest BCUT2D eigenvalue weighted by Gasteiger charge is 2.21. The van der Waals surface area contributed by atoms with Crippen LogP contribution in [0.5, 0.6) is 0 Å². The first kappa shape index (κ1) is 16.6. The predicted octanol–water partition coefficient (Wildman–Crippen LogP) is 3.78. The summed E-state index contributed by atoms with van der Waals surface area (Å²) < 4.78 is 23.1. The summed E-state index contributed by atoms with van der Waals surface area (Å²) in [6.45, 7) is 2.63. The van der Waals surface area contributed by atoms with Crippen molar-refractivity contribution in [2.45, 2.75) is 24.4 Å². The van der Waals surface area contributed by atoms with Crippen LogP contribution in [0, 0.1) is 0 Å². The third-order valence-corrected chi connectivity index (χ3v) is 6.24. The lowest BCUT2D eigenvalue weighted by Gasteiger charge is -2.27. The molecule has 1 N–H and O–H groups in total. The van der Waals surface area contributed by atoms with Crippen molar-refractivity contribution in [1.82, 2.24) is 9.88 Å². The molecule has 130 valence electrons. The second kappa shape index (κ2) is 6.16. The van der Waals surface area contributed by atoms with Crippen LogP contribution in [0.1, 0.15) is 16.8 Å². The van der Waals surface area contributed by atoms with E-state index in [0.29, 0.717) is 4.90 Å². The molecule has 0 amide bonds. The molecule has 1 aliphatic heterocycles. The molecule has 0 aliphatic carbocycles. The molecule has 0 radical (unpaired) electrons. The number of nitrogens with zero attached hydrogens (tertiary/aromatic N) is 1. The van der Waals surface area contributed by atoms with Crippen molar-refractivity contribution in [3.8, 4) is 0 Å². The molecule has 0 atom stereocenters. The number of halogens is 1. The fraction of sp³-hybridized carbons (Fsp3) is 0.263. The molecule has 2 heterocycles. The highest BCUT2D eigenvalue weighted by atomic mass is 35.5. The molecule has 0 spiro atoms. The fourth-order valence-electron chi connectivity index (χ4n) is 3.49. The molecular weight excluding hydrogens is 356 g/mol. The first-order valence-corrected chi connectivity index (χ1v) is 10.5. The molecule has 1 aromatic heterocycles. The molecule has 3 aromatic rings. The highest BCUT2D eigenvalue weighted by molar-refractivity contribution is 7.90. The van der Waals surface area contributed by atoms with Gasteiger partial charge in [0.1, 0.15) is 0 Å². The minimum atomic E-state index is -3.14. The van der Waals surface area contributed by atoms with Crippen molar-refractivity contribution >= 4 is 32.3 Å². The monoisotopic (exact) mass is 374 g/mol. The molecule has 0 saturated carbocycles. The molecule has 4 nitrogen and oxygen atoms in total. The van der Waals surface area contributed by atoms with Gasteiger partial charge in [-0.3, -0.25) is 4.90 Å². The van der Waals surface area contributed by atoms with Gasteiger partial charge in [-0.2, -0.15) is 0 Å². The maximum atomic E-state index is 11.6. The number of sulfone groups is 1. The summed E-state index contributed by atoms with van der Waals surface area (Å²) in [5, 5.41) is 1.95. The molecule has 6 heteroatoms. The zero-order valence-corrected chi connectivity index (χ0v) is 15.5. The minimum absolute atomic E-state index is 0.364. The van der Waals surface area contributed by atoms with Crippen molar-refractivity contribution in [2.75, 3.05) is 12.8 Å². The minimum Gasteiger partial charge on any atom is -0.357 e. The summed E-state index contributed by atoms with van der Waals surface area (Å²) in [5.74, 6) is 0. The maximum Gasteiger partial charge on any atom is 0.175 e. The Balaban J connectivity index is 1.57. The van der Waals surface area contributed by atoms with Gasteiger partial charge in [0.15, 0.2) is 9.84 Å². The third-order valence-electron chi connectivity index (χ3n) is 4.80. The number of benzene rings is 2. The van der Waals surface area contributed by atoms with Gasteiger partial charge in [0.25, 0.3) is 0 Å². The van der Waals surface area contributed by atoms with Crippen LogP contribution in [0.2, 0.25) is 5.02 Å². The lowest BCUT2D eigenvalue weighted by atomic mass is 10.0. The van der Waals surface area contributed by atoms with Crippen LogP contribution >= 0.6 is 11.6 Å². The Morgan fingerprint density at radius 2 is 1.92 bits per heavy atom. The molecule has 25 heavy (non-hydrogen) atoms. The van der Waals surface area contributed by atoms with Crippen molar-refractivity contribution in [3.05, 3.63) is 64.3 Å². The summed E-state index contributed by atoms with van der Waals surface area (Å²) in [7, 11) is -3.14. The number of hydrogen-bond acceptors (Lipinski definition) is 3. The topological polar surface area (TPSA) is 53.2 Å². The summed E-state index contributed by atoms with van der Waals surface area (Å²) in [6.07, 6.45) is 2.19. The van der Waals surface area contributed by atoms with Gasteiger partial charge in [-0.15, -0.1) is 0 Å². The van der Waals surface area contributed by atoms with Gasteiger partial charge < -0.3 is 4.98 Å². The Hall–Kier alpha value is -1.82. The molecule has 2 aromatic carbocycles. The standard InChI is InChI=1S/C19H19ClN2O2S/c1-25(23,24)14-7-5-13(6-8-14)11-22-10-9-18-16(12-22)15-3-2-4-17(20)19(15)21-18/h2-8,21H,9-12H2,1H3. The Labute approximate surface area is 152 Å². The largest absolute Gasteiger partial charge is 0.357 e. The zero-order chi connectivity index (χ0) is 17.6. The van der Waals surface area contributed by atoms with Gasteiger partial charge in [0.05, 0.1) is 15.4 Å². The van der Waals surface area contributed by atoms with Gasteiger partial charge in [-0.25, -0.2) is 8.42 Å². The summed E-state index contributed by atoms with van der Waals surface area (Å²) >= 11 is 6.30. The smallest absolute Gasteiger partial charge is 0.175 e. The number of aromatic nitrogens is 1. The molecule has 4 rings (SSSR count). The van der Waals surface area contributed by atoms with E-state index in [1.165, 1.54) is 22.9 Å². The lowest BCUT2D eigenvalue weighted by molar-refractivity contribution is 0.245. The summed E-state index contributed by atoms with van der Waals surface area (Å²) in [6, 6.07) is 13.2.